The zero-order valence-electron chi connectivity index (χ0n) is 19.7. The summed E-state index contributed by atoms with van der Waals surface area (Å²) in [5.41, 5.74) is 2.82. The molecule has 0 atom stereocenters. The highest BCUT2D eigenvalue weighted by Gasteiger charge is 2.15. The van der Waals surface area contributed by atoms with Crippen LogP contribution in [0.1, 0.15) is 31.8 Å². The summed E-state index contributed by atoms with van der Waals surface area (Å²) in [7, 11) is 0. The number of anilines is 1. The van der Waals surface area contributed by atoms with Gasteiger partial charge in [-0.2, -0.15) is 0 Å². The second-order valence-corrected chi connectivity index (χ2v) is 8.07. The van der Waals surface area contributed by atoms with Crippen molar-refractivity contribution in [3.8, 4) is 0 Å². The highest BCUT2D eigenvalue weighted by Crippen LogP contribution is 2.14. The van der Waals surface area contributed by atoms with Crippen molar-refractivity contribution in [1.29, 1.82) is 0 Å². The summed E-state index contributed by atoms with van der Waals surface area (Å²) in [6.45, 7) is 0. The van der Waals surface area contributed by atoms with Gasteiger partial charge in [0.15, 0.2) is 5.78 Å². The SMILES string of the molecule is O=C(Nc1ccc(C(=O)/C=C/c2ccc(F)cc2)cc1)/C(=C/c1ccccc1)NC(=O)c1ccccc1. The molecule has 4 aromatic carbocycles. The standard InChI is InChI=1S/C31H23FN2O3/c32-26-16-11-22(12-17-26)13-20-29(35)24-14-18-27(19-15-24)33-31(37)28(21-23-7-3-1-4-8-23)34-30(36)25-9-5-2-6-10-25/h1-21H,(H,33,37)(H,34,36)/b20-13+,28-21-. The average molecular weight is 491 g/mol. The van der Waals surface area contributed by atoms with Crippen molar-refractivity contribution in [2.45, 2.75) is 0 Å². The minimum atomic E-state index is -0.511. The number of halogens is 1. The molecule has 0 saturated heterocycles. The lowest BCUT2D eigenvalue weighted by molar-refractivity contribution is -0.113. The number of hydrogen-bond donors (Lipinski definition) is 2. The Kier molecular flexibility index (Phi) is 8.14. The van der Waals surface area contributed by atoms with Crippen LogP contribution in [0.3, 0.4) is 0 Å². The molecule has 0 aliphatic heterocycles. The molecule has 182 valence electrons. The maximum absolute atomic E-state index is 13.1. The van der Waals surface area contributed by atoms with E-state index in [0.29, 0.717) is 22.4 Å². The van der Waals surface area contributed by atoms with Crippen molar-refractivity contribution in [3.63, 3.8) is 0 Å². The van der Waals surface area contributed by atoms with Gasteiger partial charge in [-0.15, -0.1) is 0 Å². The smallest absolute Gasteiger partial charge is 0.272 e. The van der Waals surface area contributed by atoms with Crippen LogP contribution in [0.25, 0.3) is 12.2 Å². The van der Waals surface area contributed by atoms with E-state index >= 15 is 0 Å². The van der Waals surface area contributed by atoms with Crippen LogP contribution in [0, 0.1) is 5.82 Å². The summed E-state index contributed by atoms with van der Waals surface area (Å²) in [4.78, 5) is 38.3. The maximum Gasteiger partial charge on any atom is 0.272 e. The van der Waals surface area contributed by atoms with Crippen LogP contribution in [0.15, 0.2) is 121 Å². The fourth-order valence-corrected chi connectivity index (χ4v) is 3.42. The first-order valence-corrected chi connectivity index (χ1v) is 11.5. The molecule has 0 bridgehead atoms. The van der Waals surface area contributed by atoms with Gasteiger partial charge >= 0.3 is 0 Å². The lowest BCUT2D eigenvalue weighted by Crippen LogP contribution is -2.30. The van der Waals surface area contributed by atoms with Gasteiger partial charge in [0.2, 0.25) is 0 Å². The van der Waals surface area contributed by atoms with Crippen molar-refractivity contribution in [1.82, 2.24) is 5.32 Å². The highest BCUT2D eigenvalue weighted by molar-refractivity contribution is 6.11. The van der Waals surface area contributed by atoms with Crippen LogP contribution in [-0.2, 0) is 4.79 Å². The van der Waals surface area contributed by atoms with Crippen molar-refractivity contribution in [2.75, 3.05) is 5.32 Å². The number of benzene rings is 4. The summed E-state index contributed by atoms with van der Waals surface area (Å²) >= 11 is 0. The number of amides is 2. The second-order valence-electron chi connectivity index (χ2n) is 8.07. The molecule has 0 unspecified atom stereocenters. The van der Waals surface area contributed by atoms with Gasteiger partial charge in [-0.25, -0.2) is 4.39 Å². The first kappa shape index (κ1) is 25.0. The molecule has 5 nitrogen and oxygen atoms in total. The Morgan fingerprint density at radius 1 is 0.649 bits per heavy atom. The Hall–Kier alpha value is -5.10. The van der Waals surface area contributed by atoms with Gasteiger partial charge in [-0.1, -0.05) is 66.7 Å². The predicted octanol–water partition coefficient (Wildman–Crippen LogP) is 6.13. The lowest BCUT2D eigenvalue weighted by Gasteiger charge is -2.12. The molecule has 0 aliphatic carbocycles. The normalized spacial score (nSPS) is 11.2. The molecule has 0 aromatic heterocycles. The minimum absolute atomic E-state index is 0.0717. The molecular formula is C31H23FN2O3. The van der Waals surface area contributed by atoms with Crippen molar-refractivity contribution in [3.05, 3.63) is 149 Å². The van der Waals surface area contributed by atoms with E-state index in [2.05, 4.69) is 10.6 Å². The van der Waals surface area contributed by atoms with E-state index in [1.165, 1.54) is 18.2 Å². The molecule has 0 saturated carbocycles. The molecule has 37 heavy (non-hydrogen) atoms. The van der Waals surface area contributed by atoms with Crippen LogP contribution >= 0.6 is 0 Å². The van der Waals surface area contributed by atoms with Gasteiger partial charge < -0.3 is 10.6 Å². The van der Waals surface area contributed by atoms with Crippen LogP contribution in [0.4, 0.5) is 10.1 Å². The lowest BCUT2D eigenvalue weighted by atomic mass is 10.1. The van der Waals surface area contributed by atoms with E-state index in [1.807, 2.05) is 30.3 Å². The molecule has 0 spiro atoms. The quantitative estimate of drug-likeness (QED) is 0.230. The fraction of sp³-hybridized carbons (Fsp3) is 0. The Balaban J connectivity index is 1.47. The maximum atomic E-state index is 13.1. The largest absolute Gasteiger partial charge is 0.321 e. The Bertz CT molecular complexity index is 1440. The topological polar surface area (TPSA) is 75.3 Å². The number of carbonyl (C=O) groups is 3. The third kappa shape index (κ3) is 7.19. The van der Waals surface area contributed by atoms with Crippen LogP contribution in [0.2, 0.25) is 0 Å². The molecule has 0 aliphatic rings. The Morgan fingerprint density at radius 3 is 1.92 bits per heavy atom. The molecular weight excluding hydrogens is 467 g/mol. The van der Waals surface area contributed by atoms with Gasteiger partial charge in [-0.3, -0.25) is 14.4 Å². The molecule has 2 N–H and O–H groups in total. The number of carbonyl (C=O) groups excluding carboxylic acids is 3. The van der Waals surface area contributed by atoms with Crippen molar-refractivity contribution >= 4 is 35.4 Å². The van der Waals surface area contributed by atoms with Gasteiger partial charge in [0.1, 0.15) is 11.5 Å². The Labute approximate surface area is 214 Å². The first-order chi connectivity index (χ1) is 18.0. The van der Waals surface area contributed by atoms with Gasteiger partial charge in [0.25, 0.3) is 11.8 Å². The number of allylic oxidation sites excluding steroid dienone is 1. The summed E-state index contributed by atoms with van der Waals surface area (Å²) in [6.07, 6.45) is 4.60. The first-order valence-electron chi connectivity index (χ1n) is 11.5. The van der Waals surface area contributed by atoms with Gasteiger partial charge in [0, 0.05) is 16.8 Å². The average Bonchev–Trinajstić information content (AvgIpc) is 2.93. The summed E-state index contributed by atoms with van der Waals surface area (Å²) in [6, 6.07) is 30.0. The number of rotatable bonds is 8. The molecule has 6 heteroatoms. The zero-order chi connectivity index (χ0) is 26.0. The predicted molar refractivity (Wildman–Crippen MR) is 143 cm³/mol. The van der Waals surface area contributed by atoms with Crippen molar-refractivity contribution in [2.24, 2.45) is 0 Å². The minimum Gasteiger partial charge on any atom is -0.321 e. The van der Waals surface area contributed by atoms with E-state index < -0.39 is 11.8 Å². The highest BCUT2D eigenvalue weighted by atomic mass is 19.1. The van der Waals surface area contributed by atoms with E-state index in [1.54, 1.807) is 78.9 Å². The zero-order valence-corrected chi connectivity index (χ0v) is 19.7. The summed E-state index contributed by atoms with van der Waals surface area (Å²) in [5.74, 6) is -1.50. The summed E-state index contributed by atoms with van der Waals surface area (Å²) in [5, 5.41) is 5.45. The van der Waals surface area contributed by atoms with Crippen LogP contribution in [-0.4, -0.2) is 17.6 Å². The second kappa shape index (κ2) is 12.0. The van der Waals surface area contributed by atoms with Crippen LogP contribution < -0.4 is 10.6 Å². The van der Waals surface area contributed by atoms with E-state index in [9.17, 15) is 18.8 Å². The molecule has 4 rings (SSSR count). The number of hydrogen-bond acceptors (Lipinski definition) is 3. The van der Waals surface area contributed by atoms with E-state index in [4.69, 9.17) is 0 Å². The number of ketones is 1. The van der Waals surface area contributed by atoms with E-state index in [-0.39, 0.29) is 17.3 Å². The molecule has 0 radical (unpaired) electrons. The molecule has 4 aromatic rings. The van der Waals surface area contributed by atoms with Gasteiger partial charge in [0.05, 0.1) is 0 Å². The van der Waals surface area contributed by atoms with Gasteiger partial charge in [-0.05, 0) is 71.8 Å². The van der Waals surface area contributed by atoms with Crippen LogP contribution in [0.5, 0.6) is 0 Å². The molecule has 0 heterocycles. The Morgan fingerprint density at radius 2 is 1.27 bits per heavy atom. The monoisotopic (exact) mass is 490 g/mol. The van der Waals surface area contributed by atoms with Crippen molar-refractivity contribution < 1.29 is 18.8 Å². The third-order valence-electron chi connectivity index (χ3n) is 5.36. The molecule has 0 fully saturated rings. The fourth-order valence-electron chi connectivity index (χ4n) is 3.42. The van der Waals surface area contributed by atoms with E-state index in [0.717, 1.165) is 5.56 Å². The summed E-state index contributed by atoms with van der Waals surface area (Å²) < 4.78 is 13.0. The number of nitrogens with one attached hydrogen (secondary N) is 2. The third-order valence-corrected chi connectivity index (χ3v) is 5.36. The molecule has 2 amide bonds.